The smallest absolute Gasteiger partial charge is 0.266 e. The standard InChI is InChI=1S/C23H20BrNO3/c24-18-8-3-5-16(15-18)11-12-21(26)23(28)13-14-25(22(23)27)20-10-4-7-17-6-1-2-9-19(17)20/h1-10,15,28H,11-14H2/t23-/m1/s1. The Labute approximate surface area is 171 Å². The highest BCUT2D eigenvalue weighted by atomic mass is 79.9. The van der Waals surface area contributed by atoms with Crippen LogP contribution in [0.5, 0.6) is 0 Å². The van der Waals surface area contributed by atoms with Gasteiger partial charge < -0.3 is 10.0 Å². The Bertz CT molecular complexity index is 1060. The molecule has 0 spiro atoms. The molecule has 5 heteroatoms. The van der Waals surface area contributed by atoms with Crippen molar-refractivity contribution < 1.29 is 14.7 Å². The fraction of sp³-hybridized carbons (Fsp3) is 0.217. The van der Waals surface area contributed by atoms with Gasteiger partial charge in [-0.1, -0.05) is 64.5 Å². The number of aliphatic hydroxyl groups is 1. The van der Waals surface area contributed by atoms with Gasteiger partial charge in [0.05, 0.1) is 5.69 Å². The van der Waals surface area contributed by atoms with Crippen LogP contribution in [0.2, 0.25) is 0 Å². The highest BCUT2D eigenvalue weighted by Gasteiger charge is 2.51. The van der Waals surface area contributed by atoms with Crippen molar-refractivity contribution in [3.05, 3.63) is 76.8 Å². The van der Waals surface area contributed by atoms with Gasteiger partial charge in [0, 0.05) is 29.2 Å². The van der Waals surface area contributed by atoms with Crippen LogP contribution in [0, 0.1) is 0 Å². The second-order valence-corrected chi connectivity index (χ2v) is 8.03. The van der Waals surface area contributed by atoms with Gasteiger partial charge in [0.1, 0.15) is 0 Å². The SMILES string of the molecule is O=C(CCc1cccc(Br)c1)[C@]1(O)CCN(c2cccc3ccccc23)C1=O. The zero-order valence-electron chi connectivity index (χ0n) is 15.3. The van der Waals surface area contributed by atoms with E-state index in [0.29, 0.717) is 13.0 Å². The van der Waals surface area contributed by atoms with Gasteiger partial charge in [-0.25, -0.2) is 0 Å². The molecule has 0 bridgehead atoms. The van der Waals surface area contributed by atoms with E-state index in [0.717, 1.165) is 26.5 Å². The number of hydrogen-bond acceptors (Lipinski definition) is 3. The summed E-state index contributed by atoms with van der Waals surface area (Å²) in [5.41, 5.74) is -0.218. The molecule has 1 aliphatic heterocycles. The average molecular weight is 438 g/mol. The molecule has 1 aliphatic rings. The van der Waals surface area contributed by atoms with E-state index in [4.69, 9.17) is 0 Å². The minimum atomic E-state index is -1.94. The van der Waals surface area contributed by atoms with Crippen molar-refractivity contribution in [3.8, 4) is 0 Å². The summed E-state index contributed by atoms with van der Waals surface area (Å²) < 4.78 is 0.940. The molecule has 3 aromatic carbocycles. The lowest BCUT2D eigenvalue weighted by Crippen LogP contribution is -2.47. The van der Waals surface area contributed by atoms with Gasteiger partial charge in [-0.15, -0.1) is 0 Å². The van der Waals surface area contributed by atoms with Crippen molar-refractivity contribution in [2.24, 2.45) is 0 Å². The second kappa shape index (κ2) is 7.49. The molecule has 0 aromatic heterocycles. The molecule has 4 nitrogen and oxygen atoms in total. The number of aryl methyl sites for hydroxylation is 1. The highest BCUT2D eigenvalue weighted by Crippen LogP contribution is 2.34. The summed E-state index contributed by atoms with van der Waals surface area (Å²) in [5, 5.41) is 12.9. The fourth-order valence-corrected chi connectivity index (χ4v) is 4.24. The average Bonchev–Trinajstić information content (AvgIpc) is 3.01. The Balaban J connectivity index is 1.54. The quantitative estimate of drug-likeness (QED) is 0.606. The maximum atomic E-state index is 13.0. The molecule has 0 unspecified atom stereocenters. The first-order valence-electron chi connectivity index (χ1n) is 9.29. The van der Waals surface area contributed by atoms with E-state index in [-0.39, 0.29) is 12.8 Å². The molecule has 1 saturated heterocycles. The van der Waals surface area contributed by atoms with Crippen LogP contribution >= 0.6 is 15.9 Å². The number of carbonyl (C=O) groups excluding carboxylic acids is 2. The number of fused-ring (bicyclic) bond motifs is 1. The van der Waals surface area contributed by atoms with Crippen LogP contribution in [0.1, 0.15) is 18.4 Å². The van der Waals surface area contributed by atoms with E-state index >= 15 is 0 Å². The second-order valence-electron chi connectivity index (χ2n) is 7.12. The first-order valence-corrected chi connectivity index (χ1v) is 10.1. The maximum absolute atomic E-state index is 13.0. The van der Waals surface area contributed by atoms with Crippen LogP contribution in [0.3, 0.4) is 0 Å². The van der Waals surface area contributed by atoms with E-state index in [1.165, 1.54) is 0 Å². The van der Waals surface area contributed by atoms with E-state index in [2.05, 4.69) is 15.9 Å². The molecular formula is C23H20BrNO3. The Morgan fingerprint density at radius 2 is 1.82 bits per heavy atom. The number of benzene rings is 3. The molecule has 1 atom stereocenters. The van der Waals surface area contributed by atoms with Crippen molar-refractivity contribution in [1.82, 2.24) is 0 Å². The number of nitrogens with zero attached hydrogens (tertiary/aromatic N) is 1. The Morgan fingerprint density at radius 3 is 2.64 bits per heavy atom. The summed E-state index contributed by atoms with van der Waals surface area (Å²) in [5.74, 6) is -0.941. The van der Waals surface area contributed by atoms with Crippen molar-refractivity contribution in [2.45, 2.75) is 24.9 Å². The molecule has 142 valence electrons. The topological polar surface area (TPSA) is 57.6 Å². The van der Waals surface area contributed by atoms with E-state index < -0.39 is 17.3 Å². The predicted octanol–water partition coefficient (Wildman–Crippen LogP) is 4.27. The van der Waals surface area contributed by atoms with Crippen molar-refractivity contribution in [1.29, 1.82) is 0 Å². The van der Waals surface area contributed by atoms with Crippen LogP contribution in [0.25, 0.3) is 10.8 Å². The van der Waals surface area contributed by atoms with Gasteiger partial charge in [0.25, 0.3) is 5.91 Å². The molecular weight excluding hydrogens is 418 g/mol. The molecule has 1 heterocycles. The third kappa shape index (κ3) is 3.36. The van der Waals surface area contributed by atoms with Crippen molar-refractivity contribution in [3.63, 3.8) is 0 Å². The first kappa shape index (κ1) is 18.8. The first-order chi connectivity index (χ1) is 13.5. The lowest BCUT2D eigenvalue weighted by molar-refractivity contribution is -0.147. The molecule has 0 saturated carbocycles. The van der Waals surface area contributed by atoms with Crippen molar-refractivity contribution in [2.75, 3.05) is 11.4 Å². The Morgan fingerprint density at radius 1 is 1.07 bits per heavy atom. The number of hydrogen-bond donors (Lipinski definition) is 1. The summed E-state index contributed by atoms with van der Waals surface area (Å²) in [6.07, 6.45) is 0.733. The third-order valence-corrected chi connectivity index (χ3v) is 5.84. The summed E-state index contributed by atoms with van der Waals surface area (Å²) in [6, 6.07) is 21.2. The Hall–Kier alpha value is -2.50. The summed E-state index contributed by atoms with van der Waals surface area (Å²) in [7, 11) is 0. The van der Waals surface area contributed by atoms with Gasteiger partial charge in [-0.3, -0.25) is 9.59 Å². The van der Waals surface area contributed by atoms with Crippen LogP contribution < -0.4 is 4.90 Å². The summed E-state index contributed by atoms with van der Waals surface area (Å²) in [6.45, 7) is 0.325. The molecule has 0 aliphatic carbocycles. The van der Waals surface area contributed by atoms with Gasteiger partial charge in [0.2, 0.25) is 5.60 Å². The number of ketones is 1. The maximum Gasteiger partial charge on any atom is 0.266 e. The van der Waals surface area contributed by atoms with E-state index in [1.807, 2.05) is 66.7 Å². The number of Topliss-reactive ketones (excluding diaryl/α,β-unsaturated/α-hetero) is 1. The van der Waals surface area contributed by atoms with Gasteiger partial charge in [-0.05, 0) is 35.6 Å². The zero-order valence-corrected chi connectivity index (χ0v) is 16.9. The molecule has 4 rings (SSSR count). The van der Waals surface area contributed by atoms with Crippen molar-refractivity contribution >= 4 is 44.1 Å². The number of amides is 1. The molecule has 1 fully saturated rings. The summed E-state index contributed by atoms with van der Waals surface area (Å²) >= 11 is 3.41. The van der Waals surface area contributed by atoms with Crippen LogP contribution in [0.15, 0.2) is 71.2 Å². The van der Waals surface area contributed by atoms with Gasteiger partial charge in [0.15, 0.2) is 5.78 Å². The molecule has 28 heavy (non-hydrogen) atoms. The number of anilines is 1. The van der Waals surface area contributed by atoms with Gasteiger partial charge >= 0.3 is 0 Å². The van der Waals surface area contributed by atoms with E-state index in [1.54, 1.807) is 4.90 Å². The molecule has 1 N–H and O–H groups in total. The third-order valence-electron chi connectivity index (χ3n) is 5.34. The lowest BCUT2D eigenvalue weighted by atomic mass is 9.92. The Kier molecular flexibility index (Phi) is 5.04. The normalized spacial score (nSPS) is 19.4. The zero-order chi connectivity index (χ0) is 19.7. The monoisotopic (exact) mass is 437 g/mol. The number of carbonyl (C=O) groups is 2. The van der Waals surface area contributed by atoms with Crippen LogP contribution in [-0.2, 0) is 16.0 Å². The minimum absolute atomic E-state index is 0.117. The van der Waals surface area contributed by atoms with Crippen LogP contribution in [-0.4, -0.2) is 28.9 Å². The largest absolute Gasteiger partial charge is 0.373 e. The minimum Gasteiger partial charge on any atom is -0.373 e. The van der Waals surface area contributed by atoms with Crippen LogP contribution in [0.4, 0.5) is 5.69 Å². The summed E-state index contributed by atoms with van der Waals surface area (Å²) in [4.78, 5) is 27.3. The lowest BCUT2D eigenvalue weighted by Gasteiger charge is -2.22. The molecule has 0 radical (unpaired) electrons. The predicted molar refractivity (Wildman–Crippen MR) is 113 cm³/mol. The van der Waals surface area contributed by atoms with E-state index in [9.17, 15) is 14.7 Å². The molecule has 3 aromatic rings. The highest BCUT2D eigenvalue weighted by molar-refractivity contribution is 9.10. The number of rotatable bonds is 5. The molecule has 1 amide bonds. The van der Waals surface area contributed by atoms with Gasteiger partial charge in [-0.2, -0.15) is 0 Å². The fourth-order valence-electron chi connectivity index (χ4n) is 3.79. The number of halogens is 1.